The second-order valence-electron chi connectivity index (χ2n) is 3.30. The molecule has 0 radical (unpaired) electrons. The molecule has 0 amide bonds. The Kier molecular flexibility index (Phi) is 5.21. The maximum absolute atomic E-state index is 11.6. The van der Waals surface area contributed by atoms with Gasteiger partial charge in [0, 0.05) is 20.6 Å². The fourth-order valence-electron chi connectivity index (χ4n) is 1.37. The molecule has 0 aromatic rings. The molecule has 80 valence electrons. The highest BCUT2D eigenvalue weighted by molar-refractivity contribution is 7.89. The van der Waals surface area contributed by atoms with Crippen molar-refractivity contribution in [2.24, 2.45) is 0 Å². The van der Waals surface area contributed by atoms with Crippen molar-refractivity contribution in [3.8, 4) is 0 Å². The number of nitrogens with zero attached hydrogens (tertiary/aromatic N) is 1. The predicted molar refractivity (Wildman–Crippen MR) is 55.7 cm³/mol. The zero-order valence-electron chi connectivity index (χ0n) is 7.99. The largest absolute Gasteiger partial charge is 0.315 e. The Bertz CT molecular complexity index is 235. The van der Waals surface area contributed by atoms with Gasteiger partial charge in [-0.1, -0.05) is 0 Å². The zero-order valence-corrected chi connectivity index (χ0v) is 9.62. The highest BCUT2D eigenvalue weighted by Gasteiger charge is 2.28. The average molecular weight is 229 g/mol. The Morgan fingerprint density at radius 1 is 1.38 bits per heavy atom. The fraction of sp³-hybridized carbons (Fsp3) is 1.00. The summed E-state index contributed by atoms with van der Waals surface area (Å²) in [5.41, 5.74) is 0. The molecule has 1 N–H and O–H groups in total. The Labute approximate surface area is 86.1 Å². The normalized spacial score (nSPS) is 24.1. The summed E-state index contributed by atoms with van der Waals surface area (Å²) >= 11 is 0. The molecule has 0 aromatic heterocycles. The predicted octanol–water partition coefficient (Wildman–Crippen LogP) is 0.0516. The van der Waals surface area contributed by atoms with Crippen LogP contribution in [0.25, 0.3) is 0 Å². The smallest absolute Gasteiger partial charge is 0.217 e. The first-order valence-electron chi connectivity index (χ1n) is 4.17. The molecular formula is C7H17ClN2O2S. The summed E-state index contributed by atoms with van der Waals surface area (Å²) in [6, 6.07) is 0. The van der Waals surface area contributed by atoms with E-state index in [1.807, 2.05) is 0 Å². The number of rotatable bonds is 2. The van der Waals surface area contributed by atoms with E-state index in [4.69, 9.17) is 0 Å². The second-order valence-corrected chi connectivity index (χ2v) is 5.72. The van der Waals surface area contributed by atoms with Crippen LogP contribution in [0, 0.1) is 0 Å². The number of hydrogen-bond acceptors (Lipinski definition) is 3. The first-order chi connectivity index (χ1) is 5.55. The van der Waals surface area contributed by atoms with Gasteiger partial charge in [0.25, 0.3) is 0 Å². The highest BCUT2D eigenvalue weighted by Crippen LogP contribution is 2.13. The first-order valence-corrected chi connectivity index (χ1v) is 5.67. The fourth-order valence-corrected chi connectivity index (χ4v) is 2.76. The summed E-state index contributed by atoms with van der Waals surface area (Å²) in [4.78, 5) is 0. The third-order valence-electron chi connectivity index (χ3n) is 2.18. The third kappa shape index (κ3) is 3.09. The van der Waals surface area contributed by atoms with Gasteiger partial charge in [-0.15, -0.1) is 12.4 Å². The van der Waals surface area contributed by atoms with E-state index in [2.05, 4.69) is 5.32 Å². The van der Waals surface area contributed by atoms with Crippen LogP contribution in [0.5, 0.6) is 0 Å². The lowest BCUT2D eigenvalue weighted by Crippen LogP contribution is -2.43. The van der Waals surface area contributed by atoms with Crippen LogP contribution in [0.4, 0.5) is 0 Å². The van der Waals surface area contributed by atoms with Crippen molar-refractivity contribution < 1.29 is 8.42 Å². The Morgan fingerprint density at radius 3 is 2.38 bits per heavy atom. The maximum Gasteiger partial charge on any atom is 0.217 e. The number of halogens is 1. The van der Waals surface area contributed by atoms with Gasteiger partial charge in [-0.3, -0.25) is 0 Å². The van der Waals surface area contributed by atoms with Gasteiger partial charge in [0.15, 0.2) is 0 Å². The molecule has 4 nitrogen and oxygen atoms in total. The molecule has 1 saturated heterocycles. The van der Waals surface area contributed by atoms with Crippen molar-refractivity contribution in [1.29, 1.82) is 0 Å². The molecule has 1 fully saturated rings. The van der Waals surface area contributed by atoms with Gasteiger partial charge in [-0.25, -0.2) is 12.7 Å². The van der Waals surface area contributed by atoms with E-state index in [9.17, 15) is 8.42 Å². The summed E-state index contributed by atoms with van der Waals surface area (Å²) in [5, 5.41) is 2.87. The molecule has 0 aliphatic carbocycles. The molecule has 0 saturated carbocycles. The molecule has 0 spiro atoms. The van der Waals surface area contributed by atoms with E-state index in [-0.39, 0.29) is 17.7 Å². The van der Waals surface area contributed by atoms with Crippen molar-refractivity contribution >= 4 is 22.4 Å². The summed E-state index contributed by atoms with van der Waals surface area (Å²) in [5.74, 6) is 0. The van der Waals surface area contributed by atoms with Gasteiger partial charge in [0.05, 0.1) is 5.25 Å². The van der Waals surface area contributed by atoms with Crippen molar-refractivity contribution in [3.05, 3.63) is 0 Å². The van der Waals surface area contributed by atoms with E-state index in [1.165, 1.54) is 4.31 Å². The summed E-state index contributed by atoms with van der Waals surface area (Å²) < 4.78 is 24.5. The second kappa shape index (κ2) is 5.14. The lowest BCUT2D eigenvalue weighted by molar-refractivity contribution is 0.459. The molecule has 0 bridgehead atoms. The van der Waals surface area contributed by atoms with E-state index < -0.39 is 10.0 Å². The van der Waals surface area contributed by atoms with Gasteiger partial charge in [0.2, 0.25) is 10.0 Å². The van der Waals surface area contributed by atoms with Crippen molar-refractivity contribution in [2.45, 2.75) is 18.1 Å². The molecule has 13 heavy (non-hydrogen) atoms. The van der Waals surface area contributed by atoms with E-state index >= 15 is 0 Å². The van der Waals surface area contributed by atoms with Crippen molar-refractivity contribution in [2.75, 3.05) is 27.2 Å². The number of sulfonamides is 1. The summed E-state index contributed by atoms with van der Waals surface area (Å²) in [6.45, 7) is 1.54. The van der Waals surface area contributed by atoms with Crippen molar-refractivity contribution in [1.82, 2.24) is 9.62 Å². The third-order valence-corrected chi connectivity index (χ3v) is 4.44. The average Bonchev–Trinajstić information content (AvgIpc) is 2.06. The van der Waals surface area contributed by atoms with E-state index in [1.54, 1.807) is 14.1 Å². The van der Waals surface area contributed by atoms with Gasteiger partial charge in [-0.05, 0) is 19.4 Å². The van der Waals surface area contributed by atoms with Gasteiger partial charge in [-0.2, -0.15) is 0 Å². The van der Waals surface area contributed by atoms with Crippen LogP contribution in [0.3, 0.4) is 0 Å². The Balaban J connectivity index is 0.00000144. The van der Waals surface area contributed by atoms with Crippen LogP contribution in [0.1, 0.15) is 12.8 Å². The molecule has 6 heteroatoms. The van der Waals surface area contributed by atoms with Crippen LogP contribution in [0.2, 0.25) is 0 Å². The van der Waals surface area contributed by atoms with Crippen molar-refractivity contribution in [3.63, 3.8) is 0 Å². The number of hydrogen-bond donors (Lipinski definition) is 1. The van der Waals surface area contributed by atoms with E-state index in [0.29, 0.717) is 6.54 Å². The van der Waals surface area contributed by atoms with Gasteiger partial charge >= 0.3 is 0 Å². The molecule has 1 unspecified atom stereocenters. The molecule has 1 rings (SSSR count). The van der Waals surface area contributed by atoms with Gasteiger partial charge < -0.3 is 5.32 Å². The van der Waals surface area contributed by atoms with Crippen LogP contribution in [-0.2, 0) is 10.0 Å². The lowest BCUT2D eigenvalue weighted by atomic mass is 10.2. The lowest BCUT2D eigenvalue weighted by Gasteiger charge is -2.25. The topological polar surface area (TPSA) is 49.4 Å². The Morgan fingerprint density at radius 2 is 2.00 bits per heavy atom. The molecule has 0 aromatic carbocycles. The summed E-state index contributed by atoms with van der Waals surface area (Å²) in [6.07, 6.45) is 1.74. The minimum absolute atomic E-state index is 0. The minimum Gasteiger partial charge on any atom is -0.315 e. The minimum atomic E-state index is -3.03. The molecule has 1 heterocycles. The van der Waals surface area contributed by atoms with Crippen LogP contribution >= 0.6 is 12.4 Å². The number of piperidine rings is 1. The molecule has 1 aliphatic rings. The Hall–Kier alpha value is 0.160. The SMILES string of the molecule is CN(C)S(=O)(=O)C1CCCNC1.Cl. The monoisotopic (exact) mass is 228 g/mol. The van der Waals surface area contributed by atoms with Crippen LogP contribution < -0.4 is 5.32 Å². The van der Waals surface area contributed by atoms with E-state index in [0.717, 1.165) is 19.4 Å². The quantitative estimate of drug-likeness (QED) is 0.727. The van der Waals surface area contributed by atoms with Crippen LogP contribution in [0.15, 0.2) is 0 Å². The number of nitrogens with one attached hydrogen (secondary N) is 1. The maximum atomic E-state index is 11.6. The highest BCUT2D eigenvalue weighted by atomic mass is 35.5. The van der Waals surface area contributed by atoms with Crippen LogP contribution in [-0.4, -0.2) is 45.2 Å². The molecule has 1 atom stereocenters. The molecular weight excluding hydrogens is 212 g/mol. The van der Waals surface area contributed by atoms with Gasteiger partial charge in [0.1, 0.15) is 0 Å². The summed E-state index contributed by atoms with van der Waals surface area (Å²) in [7, 11) is 0.145. The standard InChI is InChI=1S/C7H16N2O2S.ClH/c1-9(2)12(10,11)7-4-3-5-8-6-7;/h7-8H,3-6H2,1-2H3;1H. The molecule has 1 aliphatic heterocycles. The zero-order chi connectivity index (χ0) is 9.19. The first kappa shape index (κ1) is 13.2.